The van der Waals surface area contributed by atoms with Gasteiger partial charge in [-0.3, -0.25) is 9.59 Å². The van der Waals surface area contributed by atoms with Crippen LogP contribution in [0.25, 0.3) is 0 Å². The maximum atomic E-state index is 12.0. The highest BCUT2D eigenvalue weighted by Crippen LogP contribution is 2.22. The van der Waals surface area contributed by atoms with Crippen LogP contribution in [0.15, 0.2) is 35.2 Å². The van der Waals surface area contributed by atoms with E-state index < -0.39 is 11.5 Å². The summed E-state index contributed by atoms with van der Waals surface area (Å²) in [4.78, 5) is 25.5. The van der Waals surface area contributed by atoms with Gasteiger partial charge < -0.3 is 15.7 Å². The fourth-order valence-corrected chi connectivity index (χ4v) is 2.80. The molecule has 0 radical (unpaired) electrons. The van der Waals surface area contributed by atoms with Crippen LogP contribution in [-0.2, 0) is 9.59 Å². The molecular formula is C13H16N2O3S. The molecular weight excluding hydrogens is 264 g/mol. The number of amides is 1. The normalized spacial score (nSPS) is 22.5. The molecule has 1 fully saturated rings. The van der Waals surface area contributed by atoms with Crippen molar-refractivity contribution in [2.45, 2.75) is 16.9 Å². The zero-order chi connectivity index (χ0) is 13.9. The molecule has 0 saturated carbocycles. The third kappa shape index (κ3) is 3.27. The quantitative estimate of drug-likeness (QED) is 0.797. The highest BCUT2D eigenvalue weighted by molar-refractivity contribution is 8.00. The topological polar surface area (TPSA) is 83.6 Å². The van der Waals surface area contributed by atoms with Crippen molar-refractivity contribution < 1.29 is 14.7 Å². The molecule has 0 aromatic heterocycles. The Morgan fingerprint density at radius 3 is 2.63 bits per heavy atom. The van der Waals surface area contributed by atoms with Crippen molar-refractivity contribution in [2.75, 3.05) is 18.8 Å². The van der Waals surface area contributed by atoms with Crippen LogP contribution >= 0.6 is 11.8 Å². The van der Waals surface area contributed by atoms with Gasteiger partial charge in [0.05, 0.1) is 5.75 Å². The van der Waals surface area contributed by atoms with E-state index in [0.29, 0.717) is 18.7 Å². The van der Waals surface area contributed by atoms with Crippen LogP contribution in [0.3, 0.4) is 0 Å². The highest BCUT2D eigenvalue weighted by atomic mass is 32.2. The maximum absolute atomic E-state index is 12.0. The molecule has 5 nitrogen and oxygen atoms in total. The number of carbonyl (C=O) groups is 2. The van der Waals surface area contributed by atoms with Crippen LogP contribution in [-0.4, -0.2) is 46.3 Å². The van der Waals surface area contributed by atoms with Gasteiger partial charge in [0.25, 0.3) is 0 Å². The van der Waals surface area contributed by atoms with Crippen molar-refractivity contribution in [2.24, 2.45) is 5.73 Å². The molecule has 6 heteroatoms. The Bertz CT molecular complexity index is 480. The summed E-state index contributed by atoms with van der Waals surface area (Å²) in [7, 11) is 0. The zero-order valence-corrected chi connectivity index (χ0v) is 11.2. The van der Waals surface area contributed by atoms with Crippen LogP contribution in [0.5, 0.6) is 0 Å². The first-order chi connectivity index (χ1) is 9.01. The molecule has 1 aromatic carbocycles. The molecule has 0 spiro atoms. The molecule has 2 rings (SSSR count). The largest absolute Gasteiger partial charge is 0.480 e. The van der Waals surface area contributed by atoms with Crippen LogP contribution in [0.4, 0.5) is 0 Å². The molecule has 1 atom stereocenters. The van der Waals surface area contributed by atoms with Gasteiger partial charge >= 0.3 is 5.97 Å². The Hall–Kier alpha value is -1.53. The van der Waals surface area contributed by atoms with Crippen molar-refractivity contribution in [1.29, 1.82) is 0 Å². The van der Waals surface area contributed by atoms with Gasteiger partial charge in [-0.05, 0) is 18.6 Å². The average molecular weight is 280 g/mol. The van der Waals surface area contributed by atoms with Crippen LogP contribution in [0.2, 0.25) is 0 Å². The zero-order valence-electron chi connectivity index (χ0n) is 10.4. The maximum Gasteiger partial charge on any atom is 0.325 e. The van der Waals surface area contributed by atoms with Crippen molar-refractivity contribution in [3.8, 4) is 0 Å². The lowest BCUT2D eigenvalue weighted by molar-refractivity contribution is -0.143. The smallest absolute Gasteiger partial charge is 0.325 e. The number of carboxylic acids is 1. The number of rotatable bonds is 4. The summed E-state index contributed by atoms with van der Waals surface area (Å²) in [6.45, 7) is 0.507. The Morgan fingerprint density at radius 2 is 2.05 bits per heavy atom. The second-order valence-electron chi connectivity index (χ2n) is 4.63. The van der Waals surface area contributed by atoms with Crippen molar-refractivity contribution in [3.05, 3.63) is 30.3 Å². The first-order valence-corrected chi connectivity index (χ1v) is 6.98. The SMILES string of the molecule is NC1(C(=O)O)CCN(C(=O)CSc2ccccc2)C1. The fraction of sp³-hybridized carbons (Fsp3) is 0.385. The second kappa shape index (κ2) is 5.63. The molecule has 0 bridgehead atoms. The molecule has 102 valence electrons. The number of hydrogen-bond donors (Lipinski definition) is 2. The lowest BCUT2D eigenvalue weighted by Crippen LogP contribution is -2.50. The monoisotopic (exact) mass is 280 g/mol. The number of nitrogens with zero attached hydrogens (tertiary/aromatic N) is 1. The first-order valence-electron chi connectivity index (χ1n) is 5.99. The number of hydrogen-bond acceptors (Lipinski definition) is 4. The van der Waals surface area contributed by atoms with E-state index in [0.717, 1.165) is 4.90 Å². The van der Waals surface area contributed by atoms with E-state index >= 15 is 0 Å². The van der Waals surface area contributed by atoms with Gasteiger partial charge in [-0.2, -0.15) is 0 Å². The van der Waals surface area contributed by atoms with Gasteiger partial charge in [0, 0.05) is 18.0 Å². The number of carboxylic acid groups (broad SMARTS) is 1. The minimum absolute atomic E-state index is 0.0672. The third-order valence-corrected chi connectivity index (χ3v) is 4.18. The van der Waals surface area contributed by atoms with E-state index in [1.165, 1.54) is 16.7 Å². The number of aliphatic carboxylic acids is 1. The number of nitrogens with two attached hydrogens (primary N) is 1. The second-order valence-corrected chi connectivity index (χ2v) is 5.68. The van der Waals surface area contributed by atoms with Gasteiger partial charge in [0.2, 0.25) is 5.91 Å². The molecule has 1 aliphatic rings. The molecule has 1 heterocycles. The lowest BCUT2D eigenvalue weighted by atomic mass is 10.0. The first kappa shape index (κ1) is 13.9. The number of likely N-dealkylation sites (tertiary alicyclic amines) is 1. The van der Waals surface area contributed by atoms with E-state index in [-0.39, 0.29) is 12.5 Å². The third-order valence-electron chi connectivity index (χ3n) is 3.18. The summed E-state index contributed by atoms with van der Waals surface area (Å²) < 4.78 is 0. The predicted octanol–water partition coefficient (Wildman–Crippen LogP) is 0.793. The lowest BCUT2D eigenvalue weighted by Gasteiger charge is -2.20. The molecule has 1 unspecified atom stereocenters. The van der Waals surface area contributed by atoms with Crippen LogP contribution < -0.4 is 5.73 Å². The number of benzene rings is 1. The summed E-state index contributed by atoms with van der Waals surface area (Å²) in [5, 5.41) is 9.01. The van der Waals surface area contributed by atoms with E-state index in [9.17, 15) is 9.59 Å². The summed E-state index contributed by atoms with van der Waals surface area (Å²) in [6, 6.07) is 9.62. The minimum Gasteiger partial charge on any atom is -0.480 e. The fourth-order valence-electron chi connectivity index (χ4n) is 1.97. The van der Waals surface area contributed by atoms with E-state index in [1.54, 1.807) is 0 Å². The number of carbonyl (C=O) groups excluding carboxylic acids is 1. The van der Waals surface area contributed by atoms with Gasteiger partial charge in [0.1, 0.15) is 5.54 Å². The van der Waals surface area contributed by atoms with E-state index in [1.807, 2.05) is 30.3 Å². The highest BCUT2D eigenvalue weighted by Gasteiger charge is 2.42. The van der Waals surface area contributed by atoms with Crippen LogP contribution in [0, 0.1) is 0 Å². The Kier molecular flexibility index (Phi) is 4.11. The molecule has 1 amide bonds. The standard InChI is InChI=1S/C13H16N2O3S/c14-13(12(17)18)6-7-15(9-13)11(16)8-19-10-4-2-1-3-5-10/h1-5H,6-9,14H2,(H,17,18). The molecule has 1 aliphatic heterocycles. The van der Waals surface area contributed by atoms with Gasteiger partial charge in [-0.1, -0.05) is 18.2 Å². The van der Waals surface area contributed by atoms with Gasteiger partial charge in [0.15, 0.2) is 0 Å². The van der Waals surface area contributed by atoms with E-state index in [2.05, 4.69) is 0 Å². The Morgan fingerprint density at radius 1 is 1.37 bits per heavy atom. The van der Waals surface area contributed by atoms with Gasteiger partial charge in [-0.15, -0.1) is 11.8 Å². The van der Waals surface area contributed by atoms with Crippen molar-refractivity contribution >= 4 is 23.6 Å². The minimum atomic E-state index is -1.28. The van der Waals surface area contributed by atoms with E-state index in [4.69, 9.17) is 10.8 Å². The summed E-state index contributed by atoms with van der Waals surface area (Å²) in [6.07, 6.45) is 0.310. The van der Waals surface area contributed by atoms with Crippen molar-refractivity contribution in [3.63, 3.8) is 0 Å². The van der Waals surface area contributed by atoms with Crippen LogP contribution in [0.1, 0.15) is 6.42 Å². The number of thioether (sulfide) groups is 1. The molecule has 3 N–H and O–H groups in total. The predicted molar refractivity (Wildman–Crippen MR) is 72.9 cm³/mol. The average Bonchev–Trinajstić information content (AvgIpc) is 2.81. The summed E-state index contributed by atoms with van der Waals surface area (Å²) in [5.74, 6) is -0.805. The Labute approximate surface area is 115 Å². The van der Waals surface area contributed by atoms with Crippen molar-refractivity contribution in [1.82, 2.24) is 4.90 Å². The summed E-state index contributed by atoms with van der Waals surface area (Å²) in [5.41, 5.74) is 4.45. The molecule has 0 aliphatic carbocycles. The molecule has 1 aromatic rings. The molecule has 1 saturated heterocycles. The molecule has 19 heavy (non-hydrogen) atoms. The van der Waals surface area contributed by atoms with Gasteiger partial charge in [-0.25, -0.2) is 0 Å². The Balaban J connectivity index is 1.87. The summed E-state index contributed by atoms with van der Waals surface area (Å²) >= 11 is 1.44.